The molecule has 1 aliphatic heterocycles. The fourth-order valence-corrected chi connectivity index (χ4v) is 4.49. The van der Waals surface area contributed by atoms with E-state index in [9.17, 15) is 4.79 Å². The molecule has 26 heavy (non-hydrogen) atoms. The van der Waals surface area contributed by atoms with Crippen molar-refractivity contribution in [1.82, 2.24) is 19.4 Å². The monoisotopic (exact) mass is 372 g/mol. The van der Waals surface area contributed by atoms with Gasteiger partial charge in [-0.3, -0.25) is 4.79 Å². The van der Waals surface area contributed by atoms with Crippen LogP contribution in [0.3, 0.4) is 0 Å². The van der Waals surface area contributed by atoms with Crippen LogP contribution >= 0.6 is 11.6 Å². The fraction of sp³-hybridized carbons (Fsp3) is 0.500. The van der Waals surface area contributed by atoms with Crippen LogP contribution in [0.1, 0.15) is 23.0 Å². The first-order chi connectivity index (χ1) is 12.5. The van der Waals surface area contributed by atoms with Gasteiger partial charge in [0.15, 0.2) is 0 Å². The molecular weight excluding hydrogens is 348 g/mol. The number of nitrogens with zero attached hydrogens (tertiary/aromatic N) is 4. The van der Waals surface area contributed by atoms with Crippen LogP contribution in [0, 0.1) is 17.8 Å². The summed E-state index contributed by atoms with van der Waals surface area (Å²) >= 11 is 6.13. The van der Waals surface area contributed by atoms with E-state index in [1.54, 1.807) is 12.5 Å². The predicted molar refractivity (Wildman–Crippen MR) is 102 cm³/mol. The first-order valence-corrected chi connectivity index (χ1v) is 9.67. The van der Waals surface area contributed by atoms with Gasteiger partial charge in [-0.15, -0.1) is 0 Å². The summed E-state index contributed by atoms with van der Waals surface area (Å²) in [7, 11) is 1.88. The van der Waals surface area contributed by atoms with E-state index in [1.807, 2.05) is 40.8 Å². The van der Waals surface area contributed by atoms with E-state index in [1.165, 1.54) is 13.1 Å². The summed E-state index contributed by atoms with van der Waals surface area (Å²) in [4.78, 5) is 21.8. The molecule has 2 unspecified atom stereocenters. The lowest BCUT2D eigenvalue weighted by Crippen LogP contribution is -2.35. The number of amides is 1. The van der Waals surface area contributed by atoms with Gasteiger partial charge in [-0.1, -0.05) is 30.7 Å². The van der Waals surface area contributed by atoms with Crippen molar-refractivity contribution in [2.24, 2.45) is 24.8 Å². The molecule has 1 saturated carbocycles. The Labute approximate surface area is 159 Å². The summed E-state index contributed by atoms with van der Waals surface area (Å²) in [5.41, 5.74) is 1.57. The van der Waals surface area contributed by atoms with Crippen molar-refractivity contribution in [2.45, 2.75) is 13.5 Å². The SMILES string of the molecule is CCN1CC2C(C1)C2CN(Cc1cccc(Cl)c1)C(=O)c1cn(C)cn1. The van der Waals surface area contributed by atoms with Crippen LogP contribution in [-0.4, -0.2) is 51.4 Å². The summed E-state index contributed by atoms with van der Waals surface area (Å²) < 4.78 is 1.82. The lowest BCUT2D eigenvalue weighted by atomic mass is 10.1. The van der Waals surface area contributed by atoms with Crippen molar-refractivity contribution in [3.05, 3.63) is 53.1 Å². The highest BCUT2D eigenvalue weighted by Crippen LogP contribution is 2.52. The van der Waals surface area contributed by atoms with Crippen molar-refractivity contribution < 1.29 is 4.79 Å². The maximum Gasteiger partial charge on any atom is 0.274 e. The number of aryl methyl sites for hydroxylation is 1. The van der Waals surface area contributed by atoms with Crippen LogP contribution in [0.2, 0.25) is 5.02 Å². The van der Waals surface area contributed by atoms with Gasteiger partial charge in [-0.25, -0.2) is 4.98 Å². The molecule has 2 fully saturated rings. The minimum atomic E-state index is 0.00268. The Morgan fingerprint density at radius 1 is 1.35 bits per heavy atom. The third-order valence-corrected chi connectivity index (χ3v) is 6.03. The molecule has 0 spiro atoms. The topological polar surface area (TPSA) is 41.4 Å². The van der Waals surface area contributed by atoms with E-state index in [0.29, 0.717) is 23.2 Å². The molecule has 2 aliphatic rings. The van der Waals surface area contributed by atoms with E-state index in [2.05, 4.69) is 16.8 Å². The minimum Gasteiger partial charge on any atom is -0.340 e. The highest BCUT2D eigenvalue weighted by atomic mass is 35.5. The Morgan fingerprint density at radius 2 is 2.12 bits per heavy atom. The van der Waals surface area contributed by atoms with Crippen molar-refractivity contribution in [1.29, 1.82) is 0 Å². The number of hydrogen-bond acceptors (Lipinski definition) is 3. The van der Waals surface area contributed by atoms with Crippen molar-refractivity contribution >= 4 is 17.5 Å². The van der Waals surface area contributed by atoms with Crippen LogP contribution < -0.4 is 0 Å². The second-order valence-corrected chi connectivity index (χ2v) is 8.02. The molecule has 2 atom stereocenters. The molecule has 0 radical (unpaired) electrons. The number of carbonyl (C=O) groups excluding carboxylic acids is 1. The average Bonchev–Trinajstić information content (AvgIpc) is 2.99. The minimum absolute atomic E-state index is 0.00268. The van der Waals surface area contributed by atoms with E-state index in [0.717, 1.165) is 30.5 Å². The van der Waals surface area contributed by atoms with Gasteiger partial charge < -0.3 is 14.4 Å². The van der Waals surface area contributed by atoms with Crippen LogP contribution in [0.4, 0.5) is 0 Å². The van der Waals surface area contributed by atoms with Gasteiger partial charge in [0.2, 0.25) is 0 Å². The quantitative estimate of drug-likeness (QED) is 0.782. The normalized spacial score (nSPS) is 24.5. The maximum atomic E-state index is 13.1. The van der Waals surface area contributed by atoms with Gasteiger partial charge in [0.05, 0.1) is 6.33 Å². The number of benzene rings is 1. The highest BCUT2D eigenvalue weighted by molar-refractivity contribution is 6.30. The molecule has 2 aromatic rings. The van der Waals surface area contributed by atoms with Gasteiger partial charge in [-0.05, 0) is 42.0 Å². The second-order valence-electron chi connectivity index (χ2n) is 7.58. The number of carbonyl (C=O) groups is 1. The van der Waals surface area contributed by atoms with E-state index >= 15 is 0 Å². The predicted octanol–water partition coefficient (Wildman–Crippen LogP) is 2.91. The number of imidazole rings is 1. The summed E-state index contributed by atoms with van der Waals surface area (Å²) in [5, 5.41) is 0.703. The van der Waals surface area contributed by atoms with E-state index < -0.39 is 0 Å². The Morgan fingerprint density at radius 3 is 2.73 bits per heavy atom. The molecule has 138 valence electrons. The lowest BCUT2D eigenvalue weighted by Gasteiger charge is -2.24. The van der Waals surface area contributed by atoms with Crippen molar-refractivity contribution in [3.8, 4) is 0 Å². The Hall–Kier alpha value is -1.85. The number of fused-ring (bicyclic) bond motifs is 1. The van der Waals surface area contributed by atoms with Crippen LogP contribution in [0.25, 0.3) is 0 Å². The first kappa shape index (κ1) is 17.6. The molecule has 6 heteroatoms. The summed E-state index contributed by atoms with van der Waals surface area (Å²) in [5.74, 6) is 2.11. The Bertz CT molecular complexity index is 793. The summed E-state index contributed by atoms with van der Waals surface area (Å²) in [6.07, 6.45) is 3.47. The number of likely N-dealkylation sites (tertiary alicyclic amines) is 1. The van der Waals surface area contributed by atoms with Gasteiger partial charge >= 0.3 is 0 Å². The molecule has 4 rings (SSSR count). The second kappa shape index (κ2) is 7.05. The summed E-state index contributed by atoms with van der Waals surface area (Å²) in [6, 6.07) is 7.76. The molecule has 1 aromatic carbocycles. The first-order valence-electron chi connectivity index (χ1n) is 9.29. The molecule has 1 aliphatic carbocycles. The average molecular weight is 373 g/mol. The molecular formula is C20H25ClN4O. The smallest absolute Gasteiger partial charge is 0.274 e. The third kappa shape index (κ3) is 3.51. The van der Waals surface area contributed by atoms with Gasteiger partial charge in [-0.2, -0.15) is 0 Å². The number of halogens is 1. The van der Waals surface area contributed by atoms with E-state index in [4.69, 9.17) is 11.6 Å². The lowest BCUT2D eigenvalue weighted by molar-refractivity contribution is 0.0719. The molecule has 1 amide bonds. The zero-order chi connectivity index (χ0) is 18.3. The molecule has 0 bridgehead atoms. The Kier molecular flexibility index (Phi) is 4.76. The number of rotatable bonds is 6. The molecule has 1 aromatic heterocycles. The van der Waals surface area contributed by atoms with Crippen LogP contribution in [0.15, 0.2) is 36.8 Å². The fourth-order valence-electron chi connectivity index (χ4n) is 4.28. The highest BCUT2D eigenvalue weighted by Gasteiger charge is 2.55. The number of aromatic nitrogens is 2. The Balaban J connectivity index is 1.49. The van der Waals surface area contributed by atoms with E-state index in [-0.39, 0.29) is 5.91 Å². The zero-order valence-corrected chi connectivity index (χ0v) is 16.1. The molecule has 5 nitrogen and oxygen atoms in total. The standard InChI is InChI=1S/C20H25ClN4O/c1-3-24-9-16-17(10-24)18(16)11-25(8-14-5-4-6-15(21)7-14)20(26)19-12-23(2)13-22-19/h4-7,12-13,16-18H,3,8-11H2,1-2H3. The summed E-state index contributed by atoms with van der Waals surface area (Å²) in [6.45, 7) is 7.07. The zero-order valence-electron chi connectivity index (χ0n) is 15.3. The van der Waals surface area contributed by atoms with Gasteiger partial charge in [0.1, 0.15) is 5.69 Å². The maximum absolute atomic E-state index is 13.1. The van der Waals surface area contributed by atoms with Crippen molar-refractivity contribution in [3.63, 3.8) is 0 Å². The number of hydrogen-bond donors (Lipinski definition) is 0. The molecule has 1 saturated heterocycles. The van der Waals surface area contributed by atoms with Gasteiger partial charge in [0.25, 0.3) is 5.91 Å². The third-order valence-electron chi connectivity index (χ3n) is 5.80. The number of piperidine rings is 1. The molecule has 0 N–H and O–H groups in total. The van der Waals surface area contributed by atoms with Gasteiger partial charge in [0, 0.05) is 44.4 Å². The molecule has 2 heterocycles. The van der Waals surface area contributed by atoms with Crippen LogP contribution in [0.5, 0.6) is 0 Å². The van der Waals surface area contributed by atoms with Crippen molar-refractivity contribution in [2.75, 3.05) is 26.2 Å². The largest absolute Gasteiger partial charge is 0.340 e. The van der Waals surface area contributed by atoms with Crippen LogP contribution in [-0.2, 0) is 13.6 Å².